The van der Waals surface area contributed by atoms with Crippen LogP contribution in [0.1, 0.15) is 12.8 Å². The van der Waals surface area contributed by atoms with Crippen LogP contribution in [0.3, 0.4) is 0 Å². The summed E-state index contributed by atoms with van der Waals surface area (Å²) >= 11 is 0. The number of nitrogens with zero attached hydrogens (tertiary/aromatic N) is 1. The molecule has 0 aromatic rings. The van der Waals surface area contributed by atoms with Crippen molar-refractivity contribution in [2.75, 3.05) is 0 Å². The average molecular weight is 123 g/mol. The minimum Gasteiger partial charge on any atom is -0.378 e. The maximum absolute atomic E-state index is 8.89. The van der Waals surface area contributed by atoms with Crippen LogP contribution in [0.2, 0.25) is 0 Å². The molecule has 1 fully saturated rings. The van der Waals surface area contributed by atoms with Crippen molar-refractivity contribution in [2.24, 2.45) is 5.92 Å². The first kappa shape index (κ1) is 6.31. The van der Waals surface area contributed by atoms with E-state index >= 15 is 0 Å². The highest BCUT2D eigenvalue weighted by molar-refractivity contribution is 5.12. The molecule has 0 aromatic carbocycles. The minimum atomic E-state index is -0.768. The molecule has 1 saturated carbocycles. The number of allylic oxidation sites excluding steroid dienone is 1. The zero-order valence-corrected chi connectivity index (χ0v) is 5.17. The number of aliphatic hydroxyl groups is 1. The van der Waals surface area contributed by atoms with E-state index in [1.165, 1.54) is 0 Å². The molecule has 1 N–H and O–H groups in total. The van der Waals surface area contributed by atoms with E-state index in [9.17, 15) is 0 Å². The second kappa shape index (κ2) is 2.20. The van der Waals surface area contributed by atoms with E-state index in [-0.39, 0.29) is 5.92 Å². The van der Waals surface area contributed by atoms with Crippen molar-refractivity contribution >= 4 is 0 Å². The van der Waals surface area contributed by atoms with Gasteiger partial charge in [0.05, 0.1) is 6.07 Å². The maximum atomic E-state index is 8.89. The Balaban J connectivity index is 2.33. The molecule has 0 aromatic heterocycles. The van der Waals surface area contributed by atoms with E-state index < -0.39 is 6.10 Å². The van der Waals surface area contributed by atoms with Crippen LogP contribution in [0.15, 0.2) is 12.2 Å². The smallest absolute Gasteiger partial charge is 0.143 e. The molecule has 1 atom stereocenters. The summed E-state index contributed by atoms with van der Waals surface area (Å²) in [5.41, 5.74) is 1.15. The average Bonchev–Trinajstić information content (AvgIpc) is 1.79. The van der Waals surface area contributed by atoms with Crippen molar-refractivity contribution in [3.05, 3.63) is 12.2 Å². The fourth-order valence-electron chi connectivity index (χ4n) is 1.01. The Kier molecular flexibility index (Phi) is 1.54. The van der Waals surface area contributed by atoms with Gasteiger partial charge in [-0.3, -0.25) is 0 Å². The first-order chi connectivity index (χ1) is 4.24. The molecule has 0 aliphatic heterocycles. The van der Waals surface area contributed by atoms with Gasteiger partial charge < -0.3 is 5.11 Å². The van der Waals surface area contributed by atoms with Crippen molar-refractivity contribution in [3.63, 3.8) is 0 Å². The Labute approximate surface area is 54.4 Å². The molecular formula is C7H9NO. The molecule has 0 saturated heterocycles. The van der Waals surface area contributed by atoms with Crippen molar-refractivity contribution < 1.29 is 5.11 Å². The highest BCUT2D eigenvalue weighted by Crippen LogP contribution is 2.33. The van der Waals surface area contributed by atoms with Gasteiger partial charge in [-0.15, -0.1) is 0 Å². The Morgan fingerprint density at radius 2 is 2.33 bits per heavy atom. The summed E-state index contributed by atoms with van der Waals surface area (Å²) in [6.07, 6.45) is 0.888. The summed E-state index contributed by atoms with van der Waals surface area (Å²) in [6.45, 7) is 3.71. The fourth-order valence-corrected chi connectivity index (χ4v) is 1.01. The lowest BCUT2D eigenvalue weighted by Crippen LogP contribution is -2.26. The molecule has 1 aliphatic carbocycles. The third-order valence-corrected chi connectivity index (χ3v) is 1.68. The van der Waals surface area contributed by atoms with Gasteiger partial charge in [0, 0.05) is 5.92 Å². The molecule has 0 radical (unpaired) electrons. The molecule has 1 rings (SSSR count). The number of hydrogen-bond donors (Lipinski definition) is 1. The van der Waals surface area contributed by atoms with E-state index in [1.54, 1.807) is 6.07 Å². The molecule has 0 spiro atoms. The van der Waals surface area contributed by atoms with Crippen molar-refractivity contribution in [2.45, 2.75) is 18.9 Å². The molecule has 0 amide bonds. The van der Waals surface area contributed by atoms with Gasteiger partial charge in [0.2, 0.25) is 0 Å². The van der Waals surface area contributed by atoms with Crippen LogP contribution in [-0.4, -0.2) is 11.2 Å². The molecule has 48 valence electrons. The van der Waals surface area contributed by atoms with Gasteiger partial charge in [0.25, 0.3) is 0 Å². The third kappa shape index (κ3) is 1.11. The van der Waals surface area contributed by atoms with Gasteiger partial charge in [-0.2, -0.15) is 5.26 Å². The predicted molar refractivity (Wildman–Crippen MR) is 33.5 cm³/mol. The summed E-state index contributed by atoms with van der Waals surface area (Å²) in [6, 6.07) is 1.80. The minimum absolute atomic E-state index is 0.169. The Hall–Kier alpha value is -0.810. The van der Waals surface area contributed by atoms with Gasteiger partial charge in [-0.25, -0.2) is 0 Å². The van der Waals surface area contributed by atoms with Crippen LogP contribution >= 0.6 is 0 Å². The topological polar surface area (TPSA) is 44.0 Å². The van der Waals surface area contributed by atoms with Gasteiger partial charge in [0.1, 0.15) is 6.10 Å². The van der Waals surface area contributed by atoms with E-state index in [0.29, 0.717) is 0 Å². The molecule has 0 heterocycles. The van der Waals surface area contributed by atoms with Crippen LogP contribution < -0.4 is 0 Å². The lowest BCUT2D eigenvalue weighted by molar-refractivity contribution is 0.135. The Morgan fingerprint density at radius 3 is 2.67 bits per heavy atom. The van der Waals surface area contributed by atoms with E-state index in [2.05, 4.69) is 6.58 Å². The van der Waals surface area contributed by atoms with Gasteiger partial charge in [-0.1, -0.05) is 12.2 Å². The summed E-state index contributed by atoms with van der Waals surface area (Å²) in [5.74, 6) is 0.169. The van der Waals surface area contributed by atoms with Crippen molar-refractivity contribution in [3.8, 4) is 6.07 Å². The molecule has 2 heteroatoms. The number of rotatable bonds is 1. The Morgan fingerprint density at radius 1 is 1.78 bits per heavy atom. The van der Waals surface area contributed by atoms with Crippen LogP contribution in [0, 0.1) is 17.2 Å². The number of hydrogen-bond acceptors (Lipinski definition) is 2. The monoisotopic (exact) mass is 123 g/mol. The summed E-state index contributed by atoms with van der Waals surface area (Å²) in [4.78, 5) is 0. The van der Waals surface area contributed by atoms with Crippen molar-refractivity contribution in [1.29, 1.82) is 5.26 Å². The first-order valence-corrected chi connectivity index (χ1v) is 2.98. The zero-order valence-electron chi connectivity index (χ0n) is 5.17. The Bertz CT molecular complexity index is 160. The third-order valence-electron chi connectivity index (χ3n) is 1.68. The standard InChI is InChI=1S/C7H9NO/c1-5-2-6(3-5)7(9)4-8/h6-7,9H,1-3H2. The largest absolute Gasteiger partial charge is 0.378 e. The molecule has 0 bridgehead atoms. The second-order valence-electron chi connectivity index (χ2n) is 2.49. The van der Waals surface area contributed by atoms with Crippen molar-refractivity contribution in [1.82, 2.24) is 0 Å². The molecule has 1 aliphatic rings. The van der Waals surface area contributed by atoms with Crippen LogP contribution in [-0.2, 0) is 0 Å². The van der Waals surface area contributed by atoms with Gasteiger partial charge in [0.15, 0.2) is 0 Å². The highest BCUT2D eigenvalue weighted by atomic mass is 16.3. The number of nitriles is 1. The lowest BCUT2D eigenvalue weighted by Gasteiger charge is -2.28. The maximum Gasteiger partial charge on any atom is 0.143 e. The molecule has 9 heavy (non-hydrogen) atoms. The van der Waals surface area contributed by atoms with E-state index in [1.807, 2.05) is 0 Å². The lowest BCUT2D eigenvalue weighted by atomic mass is 9.78. The molecular weight excluding hydrogens is 114 g/mol. The zero-order chi connectivity index (χ0) is 6.85. The molecule has 2 nitrogen and oxygen atoms in total. The van der Waals surface area contributed by atoms with Crippen LogP contribution in [0.5, 0.6) is 0 Å². The summed E-state index contributed by atoms with van der Waals surface area (Å²) in [5, 5.41) is 17.1. The van der Waals surface area contributed by atoms with E-state index in [4.69, 9.17) is 10.4 Å². The van der Waals surface area contributed by atoms with Crippen LogP contribution in [0.4, 0.5) is 0 Å². The second-order valence-corrected chi connectivity index (χ2v) is 2.49. The normalized spacial score (nSPS) is 22.4. The number of aliphatic hydroxyl groups excluding tert-OH is 1. The fraction of sp³-hybridized carbons (Fsp3) is 0.571. The summed E-state index contributed by atoms with van der Waals surface area (Å²) in [7, 11) is 0. The first-order valence-electron chi connectivity index (χ1n) is 2.98. The van der Waals surface area contributed by atoms with Gasteiger partial charge >= 0.3 is 0 Å². The van der Waals surface area contributed by atoms with E-state index in [0.717, 1.165) is 18.4 Å². The van der Waals surface area contributed by atoms with Crippen LogP contribution in [0.25, 0.3) is 0 Å². The quantitative estimate of drug-likeness (QED) is 0.414. The predicted octanol–water partition coefficient (Wildman–Crippen LogP) is 0.837. The molecule has 1 unspecified atom stereocenters. The SMILES string of the molecule is C=C1CC(C(O)C#N)C1. The highest BCUT2D eigenvalue weighted by Gasteiger charge is 2.27. The van der Waals surface area contributed by atoms with Gasteiger partial charge in [-0.05, 0) is 12.8 Å². The summed E-state index contributed by atoms with van der Waals surface area (Å²) < 4.78 is 0.